The quantitative estimate of drug-likeness (QED) is 0.365. The van der Waals surface area contributed by atoms with Gasteiger partial charge in [-0.15, -0.1) is 10.2 Å². The first-order chi connectivity index (χ1) is 14.8. The van der Waals surface area contributed by atoms with E-state index in [0.29, 0.717) is 10.9 Å². The monoisotopic (exact) mass is 431 g/mol. The van der Waals surface area contributed by atoms with E-state index in [-0.39, 0.29) is 28.4 Å². The van der Waals surface area contributed by atoms with Crippen LogP contribution in [0.4, 0.5) is 22.0 Å². The van der Waals surface area contributed by atoms with Crippen molar-refractivity contribution < 1.29 is 26.4 Å². The lowest BCUT2D eigenvalue weighted by atomic mass is 10.00. The molecule has 0 amide bonds. The Labute approximate surface area is 170 Å². The molecule has 0 bridgehead atoms. The van der Waals surface area contributed by atoms with E-state index >= 15 is 0 Å². The SMILES string of the molecule is FC(F)(F)C(F)(F)c1cc(-c2ccccc2)c2ccc3nc(-c4nnco4)cn3c2n1. The molecule has 4 heterocycles. The van der Waals surface area contributed by atoms with Crippen LogP contribution in [0.5, 0.6) is 0 Å². The summed E-state index contributed by atoms with van der Waals surface area (Å²) in [6, 6.07) is 12.2. The van der Waals surface area contributed by atoms with Gasteiger partial charge in [0.1, 0.15) is 22.7 Å². The molecule has 5 rings (SSSR count). The maximum Gasteiger partial charge on any atom is 0.459 e. The number of fused-ring (bicyclic) bond motifs is 3. The van der Waals surface area contributed by atoms with Crippen LogP contribution in [-0.2, 0) is 5.92 Å². The molecule has 0 saturated carbocycles. The Bertz CT molecular complexity index is 1390. The molecule has 0 aliphatic rings. The molecule has 0 aliphatic heterocycles. The lowest BCUT2D eigenvalue weighted by molar-refractivity contribution is -0.290. The van der Waals surface area contributed by atoms with Gasteiger partial charge in [0.2, 0.25) is 6.39 Å². The summed E-state index contributed by atoms with van der Waals surface area (Å²) in [5.41, 5.74) is -0.395. The Morgan fingerprint density at radius 3 is 2.35 bits per heavy atom. The highest BCUT2D eigenvalue weighted by atomic mass is 19.4. The van der Waals surface area contributed by atoms with Crippen molar-refractivity contribution in [2.45, 2.75) is 12.1 Å². The zero-order valence-electron chi connectivity index (χ0n) is 15.3. The molecule has 5 aromatic rings. The Hall–Kier alpha value is -3.89. The Morgan fingerprint density at radius 2 is 1.68 bits per heavy atom. The van der Waals surface area contributed by atoms with E-state index in [9.17, 15) is 22.0 Å². The fourth-order valence-electron chi connectivity index (χ4n) is 3.28. The first kappa shape index (κ1) is 19.1. The van der Waals surface area contributed by atoms with E-state index in [1.54, 1.807) is 42.5 Å². The predicted molar refractivity (Wildman–Crippen MR) is 99.2 cm³/mol. The van der Waals surface area contributed by atoms with Crippen LogP contribution in [0.25, 0.3) is 39.4 Å². The van der Waals surface area contributed by atoms with Crippen LogP contribution in [0.1, 0.15) is 5.69 Å². The topological polar surface area (TPSA) is 69.1 Å². The molecule has 0 fully saturated rings. The molecule has 0 N–H and O–H groups in total. The van der Waals surface area contributed by atoms with Crippen molar-refractivity contribution in [3.05, 3.63) is 66.8 Å². The van der Waals surface area contributed by atoms with Crippen LogP contribution < -0.4 is 0 Å². The molecule has 0 spiro atoms. The first-order valence-electron chi connectivity index (χ1n) is 8.85. The normalized spacial score (nSPS) is 12.7. The van der Waals surface area contributed by atoms with E-state index in [0.717, 1.165) is 12.5 Å². The molecule has 0 atom stereocenters. The lowest BCUT2D eigenvalue weighted by Crippen LogP contribution is -2.34. The second-order valence-electron chi connectivity index (χ2n) is 6.66. The van der Waals surface area contributed by atoms with Gasteiger partial charge in [-0.25, -0.2) is 9.97 Å². The fraction of sp³-hybridized carbons (Fsp3) is 0.100. The van der Waals surface area contributed by atoms with Crippen LogP contribution in [0.3, 0.4) is 0 Å². The van der Waals surface area contributed by atoms with Crippen LogP contribution >= 0.6 is 0 Å². The minimum Gasteiger partial charge on any atom is -0.422 e. The number of pyridine rings is 2. The van der Waals surface area contributed by atoms with Gasteiger partial charge in [-0.1, -0.05) is 30.3 Å². The zero-order valence-corrected chi connectivity index (χ0v) is 15.3. The number of benzene rings is 1. The first-order valence-corrected chi connectivity index (χ1v) is 8.85. The molecular weight excluding hydrogens is 421 g/mol. The highest BCUT2D eigenvalue weighted by Crippen LogP contribution is 2.45. The third-order valence-corrected chi connectivity index (χ3v) is 4.74. The van der Waals surface area contributed by atoms with Crippen molar-refractivity contribution in [2.24, 2.45) is 0 Å². The van der Waals surface area contributed by atoms with E-state index in [1.165, 1.54) is 10.6 Å². The lowest BCUT2D eigenvalue weighted by Gasteiger charge is -2.20. The van der Waals surface area contributed by atoms with Crippen molar-refractivity contribution >= 4 is 16.7 Å². The van der Waals surface area contributed by atoms with E-state index in [2.05, 4.69) is 20.2 Å². The minimum absolute atomic E-state index is 0.0666. The summed E-state index contributed by atoms with van der Waals surface area (Å²) in [5, 5.41) is 7.66. The van der Waals surface area contributed by atoms with Gasteiger partial charge in [0.05, 0.1) is 0 Å². The number of alkyl halides is 5. The number of halogens is 5. The highest BCUT2D eigenvalue weighted by molar-refractivity contribution is 5.94. The van der Waals surface area contributed by atoms with Crippen LogP contribution in [-0.4, -0.2) is 30.7 Å². The summed E-state index contributed by atoms with van der Waals surface area (Å²) in [6.45, 7) is 0. The smallest absolute Gasteiger partial charge is 0.422 e. The second-order valence-corrected chi connectivity index (χ2v) is 6.66. The summed E-state index contributed by atoms with van der Waals surface area (Å²) in [7, 11) is 0. The Balaban J connectivity index is 1.86. The summed E-state index contributed by atoms with van der Waals surface area (Å²) < 4.78 is 74.3. The van der Waals surface area contributed by atoms with E-state index in [1.807, 2.05) is 0 Å². The van der Waals surface area contributed by atoms with Crippen molar-refractivity contribution in [2.75, 3.05) is 0 Å². The van der Waals surface area contributed by atoms with Crippen LogP contribution in [0.2, 0.25) is 0 Å². The van der Waals surface area contributed by atoms with Gasteiger partial charge in [0.25, 0.3) is 5.89 Å². The molecule has 4 aromatic heterocycles. The number of rotatable bonds is 3. The Morgan fingerprint density at radius 1 is 0.903 bits per heavy atom. The number of hydrogen-bond donors (Lipinski definition) is 0. The number of hydrogen-bond acceptors (Lipinski definition) is 5. The van der Waals surface area contributed by atoms with Gasteiger partial charge in [0.15, 0.2) is 0 Å². The molecule has 0 saturated heterocycles. The summed E-state index contributed by atoms with van der Waals surface area (Å²) in [6.07, 6.45) is -3.33. The number of imidazole rings is 1. The van der Waals surface area contributed by atoms with Gasteiger partial charge in [-0.2, -0.15) is 22.0 Å². The second kappa shape index (κ2) is 6.56. The van der Waals surface area contributed by atoms with Crippen molar-refractivity contribution in [3.63, 3.8) is 0 Å². The third kappa shape index (κ3) is 3.00. The van der Waals surface area contributed by atoms with Crippen LogP contribution in [0, 0.1) is 0 Å². The van der Waals surface area contributed by atoms with Gasteiger partial charge < -0.3 is 4.42 Å². The number of nitrogens with zero attached hydrogens (tertiary/aromatic N) is 5. The third-order valence-electron chi connectivity index (χ3n) is 4.74. The maximum absolute atomic E-state index is 14.3. The maximum atomic E-state index is 14.3. The average Bonchev–Trinajstić information content (AvgIpc) is 3.42. The largest absolute Gasteiger partial charge is 0.459 e. The summed E-state index contributed by atoms with van der Waals surface area (Å²) in [4.78, 5) is 7.97. The van der Waals surface area contributed by atoms with Crippen molar-refractivity contribution in [3.8, 4) is 22.7 Å². The highest BCUT2D eigenvalue weighted by Gasteiger charge is 2.60. The average molecular weight is 431 g/mol. The molecule has 0 aliphatic carbocycles. The summed E-state index contributed by atoms with van der Waals surface area (Å²) in [5.74, 6) is -5.08. The standard InChI is InChI=1S/C20H10F5N5O/c21-19(22,20(23,24)25)15-8-13(11-4-2-1-3-5-11)12-6-7-16-27-14(18-29-26-10-31-18)9-30(16)17(12)28-15/h1-10H. The molecule has 0 radical (unpaired) electrons. The zero-order chi connectivity index (χ0) is 21.8. The fourth-order valence-corrected chi connectivity index (χ4v) is 3.28. The van der Waals surface area contributed by atoms with Gasteiger partial charge in [-0.05, 0) is 29.3 Å². The van der Waals surface area contributed by atoms with Gasteiger partial charge in [-0.3, -0.25) is 4.40 Å². The Kier molecular flexibility index (Phi) is 4.04. The molecule has 156 valence electrons. The van der Waals surface area contributed by atoms with E-state index in [4.69, 9.17) is 4.42 Å². The molecule has 0 unspecified atom stereocenters. The molecular formula is C20H10F5N5O. The van der Waals surface area contributed by atoms with Crippen molar-refractivity contribution in [1.29, 1.82) is 0 Å². The van der Waals surface area contributed by atoms with Crippen molar-refractivity contribution in [1.82, 2.24) is 24.6 Å². The van der Waals surface area contributed by atoms with Gasteiger partial charge in [0, 0.05) is 11.6 Å². The van der Waals surface area contributed by atoms with Gasteiger partial charge >= 0.3 is 12.1 Å². The molecule has 6 nitrogen and oxygen atoms in total. The molecule has 1 aromatic carbocycles. The molecule has 31 heavy (non-hydrogen) atoms. The predicted octanol–water partition coefficient (Wildman–Crippen LogP) is 5.25. The summed E-state index contributed by atoms with van der Waals surface area (Å²) >= 11 is 0. The molecule has 11 heteroatoms. The minimum atomic E-state index is -5.81. The number of aromatic nitrogens is 5. The van der Waals surface area contributed by atoms with E-state index < -0.39 is 17.8 Å². The van der Waals surface area contributed by atoms with Crippen LogP contribution in [0.15, 0.2) is 65.5 Å².